The molecule has 1 aromatic carbocycles. The van der Waals surface area contributed by atoms with Crippen LogP contribution in [0.15, 0.2) is 62.6 Å². The van der Waals surface area contributed by atoms with Crippen LogP contribution in [0.1, 0.15) is 37.7 Å². The zero-order chi connectivity index (χ0) is 20.5. The van der Waals surface area contributed by atoms with Gasteiger partial charge < -0.3 is 5.73 Å². The molecule has 0 bridgehead atoms. The van der Waals surface area contributed by atoms with E-state index >= 15 is 0 Å². The van der Waals surface area contributed by atoms with Crippen molar-refractivity contribution in [3.05, 3.63) is 69.0 Å². The lowest BCUT2D eigenvalue weighted by Gasteiger charge is -2.39. The zero-order valence-electron chi connectivity index (χ0n) is 15.9. The number of halogens is 1. The van der Waals surface area contributed by atoms with E-state index in [9.17, 15) is 10.1 Å². The van der Waals surface area contributed by atoms with Crippen molar-refractivity contribution in [1.82, 2.24) is 0 Å². The van der Waals surface area contributed by atoms with Crippen molar-refractivity contribution in [3.63, 3.8) is 0 Å². The Morgan fingerprint density at radius 3 is 2.86 bits per heavy atom. The highest BCUT2D eigenvalue weighted by Gasteiger charge is 2.41. The smallest absolute Gasteiger partial charge is 0.161 e. The standard InChI is InChI=1S/C22H20ClN3OS2/c1-2-28-22-13(10-11-29-22)19-14(12-24)21(25)26(16-7-4-3-6-15(16)23)17-8-5-9-18(27)20(17)19/h3-4,6-7,10-11,19H,2,5,8-9,25H2,1H3/t19-/m1/s1. The first-order valence-corrected chi connectivity index (χ1v) is 11.7. The molecule has 0 spiro atoms. The molecule has 29 heavy (non-hydrogen) atoms. The van der Waals surface area contributed by atoms with E-state index in [0.717, 1.165) is 34.1 Å². The predicted octanol–water partition coefficient (Wildman–Crippen LogP) is 5.82. The molecule has 4 rings (SSSR count). The highest BCUT2D eigenvalue weighted by Crippen LogP contribution is 2.49. The van der Waals surface area contributed by atoms with Crippen LogP contribution in [-0.2, 0) is 4.79 Å². The number of para-hydroxylation sites is 1. The van der Waals surface area contributed by atoms with E-state index in [1.165, 1.54) is 0 Å². The predicted molar refractivity (Wildman–Crippen MR) is 120 cm³/mol. The van der Waals surface area contributed by atoms with Gasteiger partial charge in [-0.3, -0.25) is 9.69 Å². The lowest BCUT2D eigenvalue weighted by atomic mass is 9.76. The Labute approximate surface area is 183 Å². The molecule has 2 aliphatic rings. The van der Waals surface area contributed by atoms with E-state index < -0.39 is 5.92 Å². The van der Waals surface area contributed by atoms with Crippen molar-refractivity contribution in [2.24, 2.45) is 5.73 Å². The number of nitriles is 1. The van der Waals surface area contributed by atoms with Gasteiger partial charge in [0.25, 0.3) is 0 Å². The molecule has 1 aromatic heterocycles. The van der Waals surface area contributed by atoms with Crippen LogP contribution >= 0.6 is 34.7 Å². The fraction of sp³-hybridized carbons (Fsp3) is 0.273. The molecule has 0 saturated heterocycles. The molecule has 2 aromatic rings. The van der Waals surface area contributed by atoms with Crippen molar-refractivity contribution in [3.8, 4) is 6.07 Å². The minimum Gasteiger partial charge on any atom is -0.384 e. The van der Waals surface area contributed by atoms with Gasteiger partial charge in [-0.05, 0) is 47.7 Å². The monoisotopic (exact) mass is 441 g/mol. The van der Waals surface area contributed by atoms with Crippen molar-refractivity contribution in [2.45, 2.75) is 36.3 Å². The molecular weight excluding hydrogens is 422 g/mol. The van der Waals surface area contributed by atoms with Crippen LogP contribution in [0.3, 0.4) is 0 Å². The maximum Gasteiger partial charge on any atom is 0.161 e. The number of ketones is 1. The number of carbonyl (C=O) groups excluding carboxylic acids is 1. The second kappa shape index (κ2) is 8.27. The van der Waals surface area contributed by atoms with Crippen molar-refractivity contribution < 1.29 is 4.79 Å². The summed E-state index contributed by atoms with van der Waals surface area (Å²) >= 11 is 9.85. The molecule has 7 heteroatoms. The Morgan fingerprint density at radius 2 is 2.14 bits per heavy atom. The fourth-order valence-electron chi connectivity index (χ4n) is 4.07. The molecule has 4 nitrogen and oxygen atoms in total. The van der Waals surface area contributed by atoms with Gasteiger partial charge in [-0.25, -0.2) is 0 Å². The molecule has 1 aliphatic heterocycles. The molecule has 1 atom stereocenters. The molecule has 0 unspecified atom stereocenters. The minimum absolute atomic E-state index is 0.0900. The van der Waals surface area contributed by atoms with Gasteiger partial charge >= 0.3 is 0 Å². The quantitative estimate of drug-likeness (QED) is 0.605. The Bertz CT molecular complexity index is 1080. The Kier molecular flexibility index (Phi) is 5.73. The summed E-state index contributed by atoms with van der Waals surface area (Å²) in [5.74, 6) is 0.958. The first kappa shape index (κ1) is 20.1. The number of thiophene rings is 1. The van der Waals surface area contributed by atoms with Crippen LogP contribution < -0.4 is 10.6 Å². The Morgan fingerprint density at radius 1 is 1.34 bits per heavy atom. The number of nitrogens with two attached hydrogens (primary N) is 1. The summed E-state index contributed by atoms with van der Waals surface area (Å²) in [6, 6.07) is 11.7. The number of hydrogen-bond acceptors (Lipinski definition) is 6. The molecule has 148 valence electrons. The highest BCUT2D eigenvalue weighted by molar-refractivity contribution is 8.01. The third kappa shape index (κ3) is 3.38. The third-order valence-corrected chi connectivity index (χ3v) is 7.72. The molecule has 1 aliphatic carbocycles. The minimum atomic E-state index is -0.415. The number of carbonyl (C=O) groups is 1. The largest absolute Gasteiger partial charge is 0.384 e. The van der Waals surface area contributed by atoms with Crippen LogP contribution in [-0.4, -0.2) is 11.5 Å². The third-order valence-electron chi connectivity index (χ3n) is 5.25. The summed E-state index contributed by atoms with van der Waals surface area (Å²) in [7, 11) is 0. The summed E-state index contributed by atoms with van der Waals surface area (Å²) in [6.45, 7) is 2.10. The number of Topliss-reactive ketones (excluding diaryl/α,β-unsaturated/α-hetero) is 1. The van der Waals surface area contributed by atoms with E-state index in [2.05, 4.69) is 13.0 Å². The van der Waals surface area contributed by atoms with Gasteiger partial charge in [-0.2, -0.15) is 5.26 Å². The summed E-state index contributed by atoms with van der Waals surface area (Å²) < 4.78 is 1.13. The molecule has 0 fully saturated rings. The average molecular weight is 442 g/mol. The molecule has 0 saturated carbocycles. The number of rotatable bonds is 4. The van der Waals surface area contributed by atoms with E-state index in [0.29, 0.717) is 34.1 Å². The molecule has 2 heterocycles. The topological polar surface area (TPSA) is 70.1 Å². The lowest BCUT2D eigenvalue weighted by molar-refractivity contribution is -0.116. The number of allylic oxidation sites excluding steroid dienone is 3. The molecular formula is C22H20ClN3OS2. The Balaban J connectivity index is 1.98. The van der Waals surface area contributed by atoms with Crippen molar-refractivity contribution in [2.75, 3.05) is 10.7 Å². The van der Waals surface area contributed by atoms with E-state index in [-0.39, 0.29) is 5.78 Å². The second-order valence-corrected chi connectivity index (χ2v) is 9.72. The number of nitrogens with zero attached hydrogens (tertiary/aromatic N) is 2. The Hall–Kier alpha value is -2.20. The van der Waals surface area contributed by atoms with Crippen molar-refractivity contribution in [1.29, 1.82) is 5.26 Å². The van der Waals surface area contributed by atoms with E-state index in [1.54, 1.807) is 29.2 Å². The summed E-state index contributed by atoms with van der Waals surface area (Å²) in [5, 5.41) is 12.6. The lowest BCUT2D eigenvalue weighted by Crippen LogP contribution is -2.38. The number of benzene rings is 1. The number of thioether (sulfide) groups is 1. The van der Waals surface area contributed by atoms with Crippen molar-refractivity contribution >= 4 is 46.2 Å². The van der Waals surface area contributed by atoms with Gasteiger partial charge in [0.15, 0.2) is 5.78 Å². The van der Waals surface area contributed by atoms with Gasteiger partial charge in [0.2, 0.25) is 0 Å². The highest BCUT2D eigenvalue weighted by atomic mass is 35.5. The van der Waals surface area contributed by atoms with Gasteiger partial charge in [0.1, 0.15) is 5.82 Å². The summed E-state index contributed by atoms with van der Waals surface area (Å²) in [6.07, 6.45) is 1.98. The normalized spacial score (nSPS) is 19.4. The van der Waals surface area contributed by atoms with Gasteiger partial charge in [-0.15, -0.1) is 23.1 Å². The van der Waals surface area contributed by atoms with Gasteiger partial charge in [0.05, 0.1) is 32.5 Å². The van der Waals surface area contributed by atoms with Crippen LogP contribution in [0.5, 0.6) is 0 Å². The first-order chi connectivity index (χ1) is 14.1. The van der Waals surface area contributed by atoms with Crippen LogP contribution in [0.2, 0.25) is 5.02 Å². The fourth-order valence-corrected chi connectivity index (χ4v) is 6.36. The molecule has 2 N–H and O–H groups in total. The summed E-state index contributed by atoms with van der Waals surface area (Å²) in [4.78, 5) is 15.0. The van der Waals surface area contributed by atoms with Gasteiger partial charge in [0, 0.05) is 17.7 Å². The van der Waals surface area contributed by atoms with E-state index in [4.69, 9.17) is 17.3 Å². The van der Waals surface area contributed by atoms with Crippen LogP contribution in [0.4, 0.5) is 5.69 Å². The number of anilines is 1. The maximum atomic E-state index is 13.1. The SMILES string of the molecule is CCSc1sccc1[C@@H]1C(C#N)=C(N)N(c2ccccc2Cl)C2=C1C(=O)CCC2. The second-order valence-electron chi connectivity index (χ2n) is 6.86. The first-order valence-electron chi connectivity index (χ1n) is 9.49. The summed E-state index contributed by atoms with van der Waals surface area (Å²) in [5.41, 5.74) is 10.3. The van der Waals surface area contributed by atoms with Crippen LogP contribution in [0, 0.1) is 11.3 Å². The van der Waals surface area contributed by atoms with Crippen LogP contribution in [0.25, 0.3) is 0 Å². The van der Waals surface area contributed by atoms with Gasteiger partial charge in [-0.1, -0.05) is 30.7 Å². The molecule has 0 radical (unpaired) electrons. The zero-order valence-corrected chi connectivity index (χ0v) is 18.3. The van der Waals surface area contributed by atoms with E-state index in [1.807, 2.05) is 34.5 Å². The average Bonchev–Trinajstić information content (AvgIpc) is 3.16. The molecule has 0 amide bonds. The maximum absolute atomic E-state index is 13.1. The number of hydrogen-bond donors (Lipinski definition) is 1.